The lowest BCUT2D eigenvalue weighted by Crippen LogP contribution is -2.59. The molecule has 1 saturated heterocycles. The molecule has 0 aromatic heterocycles. The Morgan fingerprint density at radius 2 is 1.60 bits per heavy atom. The Bertz CT molecular complexity index is 733. The number of anilines is 1. The van der Waals surface area contributed by atoms with E-state index in [4.69, 9.17) is 0 Å². The SMILES string of the molecule is C[C@H]1CN(C(=O)c2ccccc2)C[C@H](CC(=O)O)N1c1ccccc1. The van der Waals surface area contributed by atoms with Gasteiger partial charge in [-0.1, -0.05) is 36.4 Å². The molecule has 1 aliphatic rings. The molecular weight excluding hydrogens is 316 g/mol. The van der Waals surface area contributed by atoms with E-state index >= 15 is 0 Å². The number of hydrogen-bond acceptors (Lipinski definition) is 3. The van der Waals surface area contributed by atoms with Crippen molar-refractivity contribution in [3.63, 3.8) is 0 Å². The maximum Gasteiger partial charge on any atom is 0.305 e. The summed E-state index contributed by atoms with van der Waals surface area (Å²) in [6.07, 6.45) is -0.00218. The van der Waals surface area contributed by atoms with Gasteiger partial charge in [-0.3, -0.25) is 9.59 Å². The van der Waals surface area contributed by atoms with Crippen LogP contribution in [0.2, 0.25) is 0 Å². The normalized spacial score (nSPS) is 20.4. The fourth-order valence-electron chi connectivity index (χ4n) is 3.54. The molecule has 25 heavy (non-hydrogen) atoms. The summed E-state index contributed by atoms with van der Waals surface area (Å²) in [5, 5.41) is 9.33. The molecule has 0 bridgehead atoms. The minimum Gasteiger partial charge on any atom is -0.481 e. The highest BCUT2D eigenvalue weighted by atomic mass is 16.4. The number of carbonyl (C=O) groups excluding carboxylic acids is 1. The summed E-state index contributed by atoms with van der Waals surface area (Å²) < 4.78 is 0. The minimum absolute atomic E-state index is 0.00218. The number of nitrogens with zero attached hydrogens (tertiary/aromatic N) is 2. The number of benzene rings is 2. The number of carboxylic acid groups (broad SMARTS) is 1. The topological polar surface area (TPSA) is 60.9 Å². The van der Waals surface area contributed by atoms with Crippen LogP contribution in [0.3, 0.4) is 0 Å². The monoisotopic (exact) mass is 338 g/mol. The molecule has 1 heterocycles. The first-order valence-electron chi connectivity index (χ1n) is 8.45. The van der Waals surface area contributed by atoms with E-state index in [9.17, 15) is 14.7 Å². The van der Waals surface area contributed by atoms with Gasteiger partial charge < -0.3 is 14.9 Å². The minimum atomic E-state index is -0.854. The van der Waals surface area contributed by atoms with Gasteiger partial charge in [-0.2, -0.15) is 0 Å². The van der Waals surface area contributed by atoms with E-state index in [2.05, 4.69) is 4.90 Å². The molecule has 1 aliphatic heterocycles. The fraction of sp³-hybridized carbons (Fsp3) is 0.300. The highest BCUT2D eigenvalue weighted by Gasteiger charge is 2.35. The van der Waals surface area contributed by atoms with Crippen molar-refractivity contribution in [1.29, 1.82) is 0 Å². The first-order chi connectivity index (χ1) is 12.1. The summed E-state index contributed by atoms with van der Waals surface area (Å²) in [6, 6.07) is 18.7. The van der Waals surface area contributed by atoms with Crippen LogP contribution in [0.25, 0.3) is 0 Å². The molecular formula is C20H22N2O3. The van der Waals surface area contributed by atoms with E-state index in [0.29, 0.717) is 18.7 Å². The number of amides is 1. The van der Waals surface area contributed by atoms with Gasteiger partial charge >= 0.3 is 5.97 Å². The summed E-state index contributed by atoms with van der Waals surface area (Å²) in [6.45, 7) is 3.00. The van der Waals surface area contributed by atoms with Crippen LogP contribution in [0.15, 0.2) is 60.7 Å². The van der Waals surface area contributed by atoms with Crippen molar-refractivity contribution in [3.05, 3.63) is 66.2 Å². The number of rotatable bonds is 4. The number of carboxylic acids is 1. The van der Waals surface area contributed by atoms with E-state index in [-0.39, 0.29) is 24.4 Å². The largest absolute Gasteiger partial charge is 0.481 e. The molecule has 2 aromatic rings. The molecule has 5 nitrogen and oxygen atoms in total. The second-order valence-electron chi connectivity index (χ2n) is 6.42. The van der Waals surface area contributed by atoms with E-state index in [0.717, 1.165) is 5.69 Å². The summed E-state index contributed by atoms with van der Waals surface area (Å²) in [5.41, 5.74) is 1.63. The Kier molecular flexibility index (Phi) is 5.03. The number of aliphatic carboxylic acids is 1. The molecule has 130 valence electrons. The summed E-state index contributed by atoms with van der Waals surface area (Å²) in [5.74, 6) is -0.900. The van der Waals surface area contributed by atoms with Crippen LogP contribution in [0.1, 0.15) is 23.7 Å². The van der Waals surface area contributed by atoms with Crippen LogP contribution in [0.5, 0.6) is 0 Å². The highest BCUT2D eigenvalue weighted by Crippen LogP contribution is 2.27. The smallest absolute Gasteiger partial charge is 0.305 e. The van der Waals surface area contributed by atoms with Crippen LogP contribution >= 0.6 is 0 Å². The van der Waals surface area contributed by atoms with Gasteiger partial charge in [0.15, 0.2) is 0 Å². The molecule has 2 aromatic carbocycles. The molecule has 5 heteroatoms. The molecule has 0 aliphatic carbocycles. The second kappa shape index (κ2) is 7.38. The first kappa shape index (κ1) is 17.0. The third-order valence-corrected chi connectivity index (χ3v) is 4.56. The molecule has 1 fully saturated rings. The van der Waals surface area contributed by atoms with Gasteiger partial charge in [-0.15, -0.1) is 0 Å². The lowest BCUT2D eigenvalue weighted by Gasteiger charge is -2.46. The van der Waals surface area contributed by atoms with Gasteiger partial charge in [-0.25, -0.2) is 0 Å². The van der Waals surface area contributed by atoms with Crippen molar-refractivity contribution >= 4 is 17.6 Å². The van der Waals surface area contributed by atoms with Crippen molar-refractivity contribution < 1.29 is 14.7 Å². The van der Waals surface area contributed by atoms with E-state index in [1.807, 2.05) is 55.5 Å². The standard InChI is InChI=1S/C20H22N2O3/c1-15-13-21(20(25)16-8-4-2-5-9-16)14-18(12-19(23)24)22(15)17-10-6-3-7-11-17/h2-11,15,18H,12-14H2,1H3,(H,23,24)/t15-,18-/m0/s1. The first-order valence-corrected chi connectivity index (χ1v) is 8.45. The van der Waals surface area contributed by atoms with Crippen LogP contribution in [0, 0.1) is 0 Å². The van der Waals surface area contributed by atoms with Gasteiger partial charge in [0.2, 0.25) is 0 Å². The average Bonchev–Trinajstić information content (AvgIpc) is 2.61. The Labute approximate surface area is 147 Å². The molecule has 0 radical (unpaired) electrons. The predicted octanol–water partition coefficient (Wildman–Crippen LogP) is 2.88. The number of carbonyl (C=O) groups is 2. The summed E-state index contributed by atoms with van der Waals surface area (Å²) in [7, 11) is 0. The van der Waals surface area contributed by atoms with Gasteiger partial charge in [0.05, 0.1) is 12.5 Å². The van der Waals surface area contributed by atoms with E-state index in [1.54, 1.807) is 17.0 Å². The Morgan fingerprint density at radius 1 is 1.00 bits per heavy atom. The van der Waals surface area contributed by atoms with Crippen molar-refractivity contribution in [2.24, 2.45) is 0 Å². The number of para-hydroxylation sites is 1. The maximum atomic E-state index is 12.8. The molecule has 2 atom stereocenters. The molecule has 1 N–H and O–H groups in total. The third kappa shape index (κ3) is 3.82. The van der Waals surface area contributed by atoms with E-state index in [1.165, 1.54) is 0 Å². The third-order valence-electron chi connectivity index (χ3n) is 4.56. The van der Waals surface area contributed by atoms with Crippen molar-refractivity contribution in [2.75, 3.05) is 18.0 Å². The predicted molar refractivity (Wildman–Crippen MR) is 96.8 cm³/mol. The summed E-state index contributed by atoms with van der Waals surface area (Å²) in [4.78, 5) is 28.0. The van der Waals surface area contributed by atoms with Gasteiger partial charge in [0.25, 0.3) is 5.91 Å². The van der Waals surface area contributed by atoms with Gasteiger partial charge in [-0.05, 0) is 31.2 Å². The van der Waals surface area contributed by atoms with Crippen LogP contribution < -0.4 is 4.90 Å². The Balaban J connectivity index is 1.85. The van der Waals surface area contributed by atoms with Crippen molar-refractivity contribution in [2.45, 2.75) is 25.4 Å². The van der Waals surface area contributed by atoms with Crippen molar-refractivity contribution in [3.8, 4) is 0 Å². The maximum absolute atomic E-state index is 12.8. The van der Waals surface area contributed by atoms with E-state index < -0.39 is 5.97 Å². The van der Waals surface area contributed by atoms with Gasteiger partial charge in [0.1, 0.15) is 0 Å². The fourth-order valence-corrected chi connectivity index (χ4v) is 3.54. The second-order valence-corrected chi connectivity index (χ2v) is 6.42. The zero-order valence-corrected chi connectivity index (χ0v) is 14.2. The Hall–Kier alpha value is -2.82. The van der Waals surface area contributed by atoms with Crippen LogP contribution in [-0.4, -0.2) is 47.1 Å². The van der Waals surface area contributed by atoms with Crippen LogP contribution in [-0.2, 0) is 4.79 Å². The number of piperazine rings is 1. The average molecular weight is 338 g/mol. The van der Waals surface area contributed by atoms with Crippen molar-refractivity contribution in [1.82, 2.24) is 4.90 Å². The zero-order valence-electron chi connectivity index (χ0n) is 14.2. The molecule has 1 amide bonds. The zero-order chi connectivity index (χ0) is 17.8. The number of hydrogen-bond donors (Lipinski definition) is 1. The Morgan fingerprint density at radius 3 is 2.20 bits per heavy atom. The highest BCUT2D eigenvalue weighted by molar-refractivity contribution is 5.94. The molecule has 0 spiro atoms. The quantitative estimate of drug-likeness (QED) is 0.931. The summed E-state index contributed by atoms with van der Waals surface area (Å²) >= 11 is 0. The lowest BCUT2D eigenvalue weighted by atomic mass is 10.0. The molecule has 3 rings (SSSR count). The molecule has 0 saturated carbocycles. The lowest BCUT2D eigenvalue weighted by molar-refractivity contribution is -0.137. The van der Waals surface area contributed by atoms with Crippen LogP contribution in [0.4, 0.5) is 5.69 Å². The van der Waals surface area contributed by atoms with Gasteiger partial charge in [0, 0.05) is 30.4 Å². The molecule has 0 unspecified atom stereocenters.